The molecule has 0 amide bonds. The van der Waals surface area contributed by atoms with E-state index in [1.165, 1.54) is 5.70 Å². The predicted octanol–water partition coefficient (Wildman–Crippen LogP) is 1.89. The molecule has 0 atom stereocenters. The van der Waals surface area contributed by atoms with Crippen molar-refractivity contribution in [2.24, 2.45) is 5.41 Å². The summed E-state index contributed by atoms with van der Waals surface area (Å²) in [7, 11) is 2.02. The van der Waals surface area contributed by atoms with Crippen molar-refractivity contribution >= 4 is 22.9 Å². The maximum absolute atomic E-state index is 3.13. The third kappa shape index (κ3) is 1.99. The van der Waals surface area contributed by atoms with Crippen molar-refractivity contribution in [2.45, 2.75) is 20.8 Å². The molecule has 0 aromatic rings. The summed E-state index contributed by atoms with van der Waals surface area (Å²) in [6.07, 6.45) is 2.10. The molecule has 3 nitrogen and oxygen atoms in total. The molecule has 1 aliphatic heterocycles. The lowest BCUT2D eigenvalue weighted by Crippen LogP contribution is -2.35. The van der Waals surface area contributed by atoms with Gasteiger partial charge in [0.05, 0.1) is 34.8 Å². The molecule has 4 heteroatoms. The van der Waals surface area contributed by atoms with Gasteiger partial charge in [0.15, 0.2) is 0 Å². The molecule has 0 fully saturated rings. The molecule has 0 aromatic heterocycles. The van der Waals surface area contributed by atoms with E-state index in [1.54, 1.807) is 0 Å². The lowest BCUT2D eigenvalue weighted by atomic mass is 9.92. The van der Waals surface area contributed by atoms with Gasteiger partial charge in [-0.3, -0.25) is 5.01 Å². The fourth-order valence-corrected chi connectivity index (χ4v) is 1.70. The number of hydrogen-bond acceptors (Lipinski definition) is 3. The largest absolute Gasteiger partial charge is 0.295 e. The molecular formula is C7H14IN3. The summed E-state index contributed by atoms with van der Waals surface area (Å²) in [5, 5.41) is 2.03. The SMILES string of the molecule is CN1NN(I)C=C1C(C)(C)C. The number of halogens is 1. The highest BCUT2D eigenvalue weighted by molar-refractivity contribution is 14.1. The van der Waals surface area contributed by atoms with Gasteiger partial charge in [-0.05, 0) is 0 Å². The van der Waals surface area contributed by atoms with E-state index in [2.05, 4.69) is 55.4 Å². The average Bonchev–Trinajstić information content (AvgIpc) is 2.08. The zero-order chi connectivity index (χ0) is 8.65. The minimum Gasteiger partial charge on any atom is -0.295 e. The first kappa shape index (κ1) is 9.12. The average molecular weight is 267 g/mol. The van der Waals surface area contributed by atoms with Gasteiger partial charge in [-0.2, -0.15) is 0 Å². The van der Waals surface area contributed by atoms with Crippen LogP contribution in [0.25, 0.3) is 0 Å². The molecule has 1 aliphatic rings. The van der Waals surface area contributed by atoms with E-state index in [0.717, 1.165) is 0 Å². The number of nitrogens with zero attached hydrogens (tertiary/aromatic N) is 2. The van der Waals surface area contributed by atoms with Crippen LogP contribution < -0.4 is 5.53 Å². The van der Waals surface area contributed by atoms with Gasteiger partial charge in [-0.25, -0.2) is 3.22 Å². The molecule has 0 spiro atoms. The van der Waals surface area contributed by atoms with Gasteiger partial charge >= 0.3 is 0 Å². The second-order valence-corrected chi connectivity index (χ2v) is 4.77. The van der Waals surface area contributed by atoms with Crippen molar-refractivity contribution < 1.29 is 0 Å². The second-order valence-electron chi connectivity index (χ2n) is 3.73. The molecule has 1 heterocycles. The van der Waals surface area contributed by atoms with Crippen LogP contribution in [0.4, 0.5) is 0 Å². The Morgan fingerprint density at radius 2 is 2.00 bits per heavy atom. The maximum Gasteiger partial charge on any atom is 0.0777 e. The molecule has 0 aliphatic carbocycles. The molecule has 64 valence electrons. The number of hydrazine groups is 2. The van der Waals surface area contributed by atoms with Crippen LogP contribution in [-0.4, -0.2) is 15.3 Å². The van der Waals surface area contributed by atoms with Crippen LogP contribution in [0, 0.1) is 5.41 Å². The predicted molar refractivity (Wildman–Crippen MR) is 54.3 cm³/mol. The lowest BCUT2D eigenvalue weighted by Gasteiger charge is -2.26. The van der Waals surface area contributed by atoms with E-state index in [9.17, 15) is 0 Å². The van der Waals surface area contributed by atoms with E-state index >= 15 is 0 Å². The first-order chi connectivity index (χ1) is 4.91. The maximum atomic E-state index is 3.13. The van der Waals surface area contributed by atoms with Crippen LogP contribution in [0.2, 0.25) is 0 Å². The third-order valence-electron chi connectivity index (χ3n) is 1.61. The van der Waals surface area contributed by atoms with E-state index < -0.39 is 0 Å². The zero-order valence-corrected chi connectivity index (χ0v) is 9.51. The minimum absolute atomic E-state index is 0.210. The number of allylic oxidation sites excluding steroid dienone is 1. The molecule has 11 heavy (non-hydrogen) atoms. The first-order valence-electron chi connectivity index (χ1n) is 3.58. The van der Waals surface area contributed by atoms with Crippen molar-refractivity contribution in [3.05, 3.63) is 11.9 Å². The second kappa shape index (κ2) is 2.82. The highest BCUT2D eigenvalue weighted by atomic mass is 127. The van der Waals surface area contributed by atoms with Crippen LogP contribution in [0.5, 0.6) is 0 Å². The van der Waals surface area contributed by atoms with E-state index in [4.69, 9.17) is 0 Å². The standard InChI is InChI=1S/C7H14IN3/c1-7(2,3)6-5-11(8)9-10(6)4/h5,9H,1-4H3. The molecule has 1 rings (SSSR count). The Morgan fingerprint density at radius 1 is 1.45 bits per heavy atom. The van der Waals surface area contributed by atoms with Crippen LogP contribution in [0.1, 0.15) is 20.8 Å². The van der Waals surface area contributed by atoms with Crippen molar-refractivity contribution in [2.75, 3.05) is 7.05 Å². The summed E-state index contributed by atoms with van der Waals surface area (Å²) < 4.78 is 1.93. The Balaban J connectivity index is 2.80. The summed E-state index contributed by atoms with van der Waals surface area (Å²) in [5.41, 5.74) is 4.64. The Kier molecular flexibility index (Phi) is 2.34. The summed E-state index contributed by atoms with van der Waals surface area (Å²) in [6.45, 7) is 6.60. The van der Waals surface area contributed by atoms with Gasteiger partial charge in [0.1, 0.15) is 0 Å². The molecular weight excluding hydrogens is 253 g/mol. The molecule has 1 N–H and O–H groups in total. The summed E-state index contributed by atoms with van der Waals surface area (Å²) in [4.78, 5) is 0. The number of rotatable bonds is 0. The molecule has 0 unspecified atom stereocenters. The Bertz CT molecular complexity index is 183. The number of nitrogens with one attached hydrogen (secondary N) is 1. The van der Waals surface area contributed by atoms with E-state index in [0.29, 0.717) is 0 Å². The minimum atomic E-state index is 0.210. The fourth-order valence-electron chi connectivity index (χ4n) is 1.12. The Morgan fingerprint density at radius 3 is 2.18 bits per heavy atom. The summed E-state index contributed by atoms with van der Waals surface area (Å²) in [5.74, 6) is 0. The Hall–Kier alpha value is 0.0300. The molecule has 0 bridgehead atoms. The smallest absolute Gasteiger partial charge is 0.0777 e. The quantitative estimate of drug-likeness (QED) is 0.534. The van der Waals surface area contributed by atoms with Gasteiger partial charge in [0.25, 0.3) is 0 Å². The topological polar surface area (TPSA) is 18.5 Å². The zero-order valence-electron chi connectivity index (χ0n) is 7.35. The van der Waals surface area contributed by atoms with E-state index in [-0.39, 0.29) is 5.41 Å². The normalized spacial score (nSPS) is 19.2. The van der Waals surface area contributed by atoms with Crippen molar-refractivity contribution in [3.63, 3.8) is 0 Å². The van der Waals surface area contributed by atoms with Crippen LogP contribution in [0.3, 0.4) is 0 Å². The van der Waals surface area contributed by atoms with Crippen LogP contribution in [-0.2, 0) is 0 Å². The molecule has 0 saturated carbocycles. The van der Waals surface area contributed by atoms with Crippen LogP contribution in [0.15, 0.2) is 11.9 Å². The highest BCUT2D eigenvalue weighted by Crippen LogP contribution is 2.30. The van der Waals surface area contributed by atoms with Gasteiger partial charge in [-0.15, -0.1) is 5.53 Å². The summed E-state index contributed by atoms with van der Waals surface area (Å²) >= 11 is 2.21. The van der Waals surface area contributed by atoms with Gasteiger partial charge in [-0.1, -0.05) is 20.8 Å². The Labute approximate surface area is 81.9 Å². The van der Waals surface area contributed by atoms with Gasteiger partial charge < -0.3 is 0 Å². The van der Waals surface area contributed by atoms with E-state index in [1.807, 2.05) is 15.3 Å². The lowest BCUT2D eigenvalue weighted by molar-refractivity contribution is 0.216. The van der Waals surface area contributed by atoms with Crippen LogP contribution >= 0.6 is 22.9 Å². The number of hydrogen-bond donors (Lipinski definition) is 1. The highest BCUT2D eigenvalue weighted by Gasteiger charge is 2.26. The molecule has 0 saturated heterocycles. The van der Waals surface area contributed by atoms with Crippen molar-refractivity contribution in [1.82, 2.24) is 13.8 Å². The van der Waals surface area contributed by atoms with Gasteiger partial charge in [0, 0.05) is 12.5 Å². The molecule has 0 aromatic carbocycles. The fraction of sp³-hybridized carbons (Fsp3) is 0.714. The third-order valence-corrected chi connectivity index (χ3v) is 2.11. The van der Waals surface area contributed by atoms with Crippen molar-refractivity contribution in [3.8, 4) is 0 Å². The first-order valence-corrected chi connectivity index (χ1v) is 4.55. The molecule has 0 radical (unpaired) electrons. The monoisotopic (exact) mass is 267 g/mol. The van der Waals surface area contributed by atoms with Crippen molar-refractivity contribution in [1.29, 1.82) is 0 Å². The van der Waals surface area contributed by atoms with Gasteiger partial charge in [0.2, 0.25) is 0 Å². The summed E-state index contributed by atoms with van der Waals surface area (Å²) in [6, 6.07) is 0.